The van der Waals surface area contributed by atoms with Crippen LogP contribution >= 0.6 is 38.5 Å². The fraction of sp³-hybridized carbons (Fsp3) is 0.308. The van der Waals surface area contributed by atoms with Gasteiger partial charge in [-0.05, 0) is 70.1 Å². The van der Waals surface area contributed by atoms with Gasteiger partial charge in [0.2, 0.25) is 0 Å². The lowest BCUT2D eigenvalue weighted by atomic mass is 10.1. The normalized spacial score (nSPS) is 10.8. The third kappa shape index (κ3) is 2.73. The number of pyridine rings is 1. The van der Waals surface area contributed by atoms with E-state index < -0.39 is 0 Å². The van der Waals surface area contributed by atoms with Crippen LogP contribution in [0, 0.1) is 3.57 Å². The second kappa shape index (κ2) is 5.52. The summed E-state index contributed by atoms with van der Waals surface area (Å²) in [4.78, 5) is 4.69. The maximum atomic E-state index is 4.69. The van der Waals surface area contributed by atoms with Crippen molar-refractivity contribution < 1.29 is 0 Å². The molecular formula is C13H14BrIN2. The molecular weight excluding hydrogens is 391 g/mol. The number of halogens is 2. The smallest absolute Gasteiger partial charge is 0.0868 e. The van der Waals surface area contributed by atoms with Gasteiger partial charge in [-0.15, -0.1) is 0 Å². The summed E-state index contributed by atoms with van der Waals surface area (Å²) in [7, 11) is 0. The molecule has 90 valence electrons. The molecule has 0 aliphatic rings. The van der Waals surface area contributed by atoms with Crippen molar-refractivity contribution in [2.24, 2.45) is 0 Å². The Balaban J connectivity index is 2.76. The van der Waals surface area contributed by atoms with Crippen LogP contribution in [0.2, 0.25) is 0 Å². The monoisotopic (exact) mass is 404 g/mol. The van der Waals surface area contributed by atoms with Crippen LogP contribution in [-0.4, -0.2) is 11.5 Å². The largest absolute Gasteiger partial charge is 0.385 e. The molecule has 0 amide bonds. The highest BCUT2D eigenvalue weighted by atomic mass is 127. The molecule has 2 aromatic rings. The molecule has 0 fully saturated rings. The number of hydrogen-bond donors (Lipinski definition) is 1. The topological polar surface area (TPSA) is 24.9 Å². The summed E-state index contributed by atoms with van der Waals surface area (Å²) in [5.74, 6) is 0. The third-order valence-electron chi connectivity index (χ3n) is 2.61. The number of anilines is 1. The van der Waals surface area contributed by atoms with E-state index in [-0.39, 0.29) is 0 Å². The van der Waals surface area contributed by atoms with Gasteiger partial charge in [0.05, 0.1) is 5.52 Å². The van der Waals surface area contributed by atoms with Crippen LogP contribution in [0.5, 0.6) is 0 Å². The molecule has 1 N–H and O–H groups in total. The fourth-order valence-corrected chi connectivity index (χ4v) is 3.42. The van der Waals surface area contributed by atoms with Crippen LogP contribution in [0.1, 0.15) is 19.5 Å². The summed E-state index contributed by atoms with van der Waals surface area (Å²) in [6.07, 6.45) is 0.951. The number of aromatic nitrogens is 1. The number of nitrogens with one attached hydrogen (secondary N) is 1. The van der Waals surface area contributed by atoms with Crippen molar-refractivity contribution in [2.75, 3.05) is 11.9 Å². The fourth-order valence-electron chi connectivity index (χ4n) is 1.82. The maximum absolute atomic E-state index is 4.69. The number of fused-ring (bicyclic) bond motifs is 1. The Labute approximate surface area is 123 Å². The highest BCUT2D eigenvalue weighted by Gasteiger charge is 2.08. The minimum absolute atomic E-state index is 0.922. The van der Waals surface area contributed by atoms with Gasteiger partial charge >= 0.3 is 0 Å². The Morgan fingerprint density at radius 2 is 2.06 bits per heavy atom. The van der Waals surface area contributed by atoms with Crippen molar-refractivity contribution in [1.82, 2.24) is 4.98 Å². The van der Waals surface area contributed by atoms with Crippen LogP contribution in [-0.2, 0) is 6.42 Å². The van der Waals surface area contributed by atoms with Crippen LogP contribution < -0.4 is 5.32 Å². The number of hydrogen-bond acceptors (Lipinski definition) is 2. The van der Waals surface area contributed by atoms with Crippen LogP contribution in [0.15, 0.2) is 22.7 Å². The number of benzene rings is 1. The Morgan fingerprint density at radius 1 is 1.29 bits per heavy atom. The molecule has 1 aromatic heterocycles. The number of nitrogens with zero attached hydrogens (tertiary/aromatic N) is 1. The lowest BCUT2D eigenvalue weighted by Crippen LogP contribution is -2.01. The Morgan fingerprint density at radius 3 is 2.71 bits per heavy atom. The van der Waals surface area contributed by atoms with Gasteiger partial charge in [-0.25, -0.2) is 0 Å². The average Bonchev–Trinajstić information content (AvgIpc) is 2.30. The number of aryl methyl sites for hydroxylation is 1. The van der Waals surface area contributed by atoms with Gasteiger partial charge in [-0.2, -0.15) is 0 Å². The lowest BCUT2D eigenvalue weighted by molar-refractivity contribution is 1.05. The van der Waals surface area contributed by atoms with E-state index in [4.69, 9.17) is 0 Å². The van der Waals surface area contributed by atoms with Gasteiger partial charge in [0, 0.05) is 31.4 Å². The Kier molecular flexibility index (Phi) is 4.25. The standard InChI is InChI=1S/C13H14BrIN2/c1-3-9-7-12(16-4-2)10-5-8(15)6-11(14)13(10)17-9/h5-7H,3-4H2,1-2H3,(H,16,17). The second-order valence-electron chi connectivity index (χ2n) is 3.83. The summed E-state index contributed by atoms with van der Waals surface area (Å²) in [6, 6.07) is 6.42. The zero-order chi connectivity index (χ0) is 12.4. The predicted molar refractivity (Wildman–Crippen MR) is 85.7 cm³/mol. The second-order valence-corrected chi connectivity index (χ2v) is 5.93. The van der Waals surface area contributed by atoms with E-state index in [9.17, 15) is 0 Å². The Hall–Kier alpha value is -0.360. The quantitative estimate of drug-likeness (QED) is 0.756. The molecule has 1 heterocycles. The maximum Gasteiger partial charge on any atom is 0.0868 e. The molecule has 17 heavy (non-hydrogen) atoms. The first-order valence-electron chi connectivity index (χ1n) is 5.68. The molecule has 0 aliphatic carbocycles. The van der Waals surface area contributed by atoms with E-state index in [0.29, 0.717) is 0 Å². The van der Waals surface area contributed by atoms with E-state index in [1.54, 1.807) is 0 Å². The SMILES string of the molecule is CCNc1cc(CC)nc2c(Br)cc(I)cc12. The van der Waals surface area contributed by atoms with Crippen molar-refractivity contribution in [3.8, 4) is 0 Å². The van der Waals surface area contributed by atoms with Gasteiger partial charge in [-0.3, -0.25) is 4.98 Å². The minimum Gasteiger partial charge on any atom is -0.385 e. The minimum atomic E-state index is 0.922. The van der Waals surface area contributed by atoms with Crippen molar-refractivity contribution in [3.63, 3.8) is 0 Å². The average molecular weight is 405 g/mol. The first-order valence-corrected chi connectivity index (χ1v) is 7.55. The summed E-state index contributed by atoms with van der Waals surface area (Å²) < 4.78 is 2.28. The highest BCUT2D eigenvalue weighted by molar-refractivity contribution is 14.1. The first kappa shape index (κ1) is 13.1. The first-order chi connectivity index (χ1) is 8.15. The molecule has 4 heteroatoms. The van der Waals surface area contributed by atoms with Crippen molar-refractivity contribution >= 4 is 55.1 Å². The van der Waals surface area contributed by atoms with Crippen molar-refractivity contribution in [2.45, 2.75) is 20.3 Å². The molecule has 0 spiro atoms. The summed E-state index contributed by atoms with van der Waals surface area (Å²) >= 11 is 5.93. The Bertz CT molecular complexity index is 555. The molecule has 2 rings (SSSR count). The van der Waals surface area contributed by atoms with Crippen LogP contribution in [0.25, 0.3) is 10.9 Å². The van der Waals surface area contributed by atoms with Crippen LogP contribution in [0.4, 0.5) is 5.69 Å². The molecule has 0 aliphatic heterocycles. The molecule has 0 radical (unpaired) electrons. The van der Waals surface area contributed by atoms with Crippen LogP contribution in [0.3, 0.4) is 0 Å². The zero-order valence-corrected chi connectivity index (χ0v) is 13.6. The molecule has 1 aromatic carbocycles. The van der Waals surface area contributed by atoms with Crippen molar-refractivity contribution in [3.05, 3.63) is 31.9 Å². The van der Waals surface area contributed by atoms with Crippen molar-refractivity contribution in [1.29, 1.82) is 0 Å². The van der Waals surface area contributed by atoms with E-state index in [0.717, 1.165) is 28.6 Å². The van der Waals surface area contributed by atoms with Gasteiger partial charge in [-0.1, -0.05) is 6.92 Å². The molecule has 0 saturated carbocycles. The van der Waals surface area contributed by atoms with Gasteiger partial charge in [0.25, 0.3) is 0 Å². The van der Waals surface area contributed by atoms with Gasteiger partial charge in [0.15, 0.2) is 0 Å². The lowest BCUT2D eigenvalue weighted by Gasteiger charge is -2.11. The summed E-state index contributed by atoms with van der Waals surface area (Å²) in [5.41, 5.74) is 3.34. The van der Waals surface area contributed by atoms with E-state index in [2.05, 4.69) is 80.9 Å². The van der Waals surface area contributed by atoms with E-state index >= 15 is 0 Å². The number of rotatable bonds is 3. The van der Waals surface area contributed by atoms with Gasteiger partial charge in [0.1, 0.15) is 0 Å². The molecule has 0 unspecified atom stereocenters. The van der Waals surface area contributed by atoms with Gasteiger partial charge < -0.3 is 5.32 Å². The third-order valence-corrected chi connectivity index (χ3v) is 3.84. The molecule has 0 bridgehead atoms. The van der Waals surface area contributed by atoms with E-state index in [1.807, 2.05) is 0 Å². The summed E-state index contributed by atoms with van der Waals surface area (Å²) in [5, 5.41) is 4.60. The zero-order valence-electron chi connectivity index (χ0n) is 9.85. The van der Waals surface area contributed by atoms with E-state index in [1.165, 1.54) is 14.6 Å². The molecule has 2 nitrogen and oxygen atoms in total. The predicted octanol–water partition coefficient (Wildman–Crippen LogP) is 4.60. The summed E-state index contributed by atoms with van der Waals surface area (Å²) in [6.45, 7) is 5.16. The highest BCUT2D eigenvalue weighted by Crippen LogP contribution is 2.31. The molecule has 0 saturated heterocycles. The molecule has 0 atom stereocenters.